The highest BCUT2D eigenvalue weighted by atomic mass is 19.4. The summed E-state index contributed by atoms with van der Waals surface area (Å²) in [5.41, 5.74) is 1.34. The van der Waals surface area contributed by atoms with Crippen molar-refractivity contribution in [2.75, 3.05) is 0 Å². The number of oxazole rings is 1. The predicted molar refractivity (Wildman–Crippen MR) is 74.7 cm³/mol. The summed E-state index contributed by atoms with van der Waals surface area (Å²) in [6.45, 7) is 0. The van der Waals surface area contributed by atoms with Gasteiger partial charge in [-0.3, -0.25) is 4.79 Å². The first kappa shape index (κ1) is 14.9. The molecule has 0 bridgehead atoms. The van der Waals surface area contributed by atoms with Crippen LogP contribution in [-0.4, -0.2) is 16.3 Å². The average molecular weight is 322 g/mol. The van der Waals surface area contributed by atoms with Gasteiger partial charge >= 0.3 is 6.36 Å². The van der Waals surface area contributed by atoms with E-state index in [0.29, 0.717) is 16.8 Å². The van der Waals surface area contributed by atoms with Gasteiger partial charge in [0.1, 0.15) is 17.7 Å². The number of benzene rings is 1. The summed E-state index contributed by atoms with van der Waals surface area (Å²) in [5, 5.41) is 0. The molecule has 0 saturated heterocycles. The number of ether oxygens (including phenoxy) is 1. The van der Waals surface area contributed by atoms with Crippen molar-refractivity contribution in [3.05, 3.63) is 59.2 Å². The summed E-state index contributed by atoms with van der Waals surface area (Å²) in [6, 6.07) is 8.15. The van der Waals surface area contributed by atoms with Crippen LogP contribution < -0.4 is 10.3 Å². The van der Waals surface area contributed by atoms with Gasteiger partial charge in [-0.25, -0.2) is 4.98 Å². The topological polar surface area (TPSA) is 68.1 Å². The lowest BCUT2D eigenvalue weighted by Crippen LogP contribution is -2.16. The van der Waals surface area contributed by atoms with E-state index in [2.05, 4.69) is 14.7 Å². The second kappa shape index (κ2) is 5.64. The second-order valence-corrected chi connectivity index (χ2v) is 4.55. The molecule has 23 heavy (non-hydrogen) atoms. The van der Waals surface area contributed by atoms with Gasteiger partial charge in [-0.2, -0.15) is 0 Å². The van der Waals surface area contributed by atoms with Crippen LogP contribution in [0.3, 0.4) is 0 Å². The maximum Gasteiger partial charge on any atom is 0.573 e. The van der Waals surface area contributed by atoms with Crippen LogP contribution in [0.4, 0.5) is 13.2 Å². The molecule has 1 N–H and O–H groups in total. The van der Waals surface area contributed by atoms with Crippen LogP contribution in [0.25, 0.3) is 22.7 Å². The minimum Gasteiger partial charge on any atom is -0.444 e. The van der Waals surface area contributed by atoms with E-state index in [0.717, 1.165) is 0 Å². The number of nitrogens with zero attached hydrogens (tertiary/aromatic N) is 1. The van der Waals surface area contributed by atoms with Crippen LogP contribution in [0.1, 0.15) is 0 Å². The molecule has 0 aliphatic rings. The Hall–Kier alpha value is -3.03. The van der Waals surface area contributed by atoms with Crippen molar-refractivity contribution in [1.29, 1.82) is 0 Å². The Labute approximate surface area is 127 Å². The van der Waals surface area contributed by atoms with Gasteiger partial charge in [0.25, 0.3) is 0 Å². The minimum absolute atomic E-state index is 0.249. The first-order chi connectivity index (χ1) is 10.9. The lowest BCUT2D eigenvalue weighted by molar-refractivity contribution is -0.274. The normalized spacial score (nSPS) is 11.4. The molecule has 2 heterocycles. The highest BCUT2D eigenvalue weighted by Gasteiger charge is 2.31. The maximum absolute atomic E-state index is 12.1. The number of aromatic amines is 1. The number of rotatable bonds is 3. The molecule has 0 atom stereocenters. The van der Waals surface area contributed by atoms with E-state index < -0.39 is 6.36 Å². The van der Waals surface area contributed by atoms with Crippen molar-refractivity contribution in [1.82, 2.24) is 9.97 Å². The van der Waals surface area contributed by atoms with Crippen molar-refractivity contribution < 1.29 is 22.3 Å². The zero-order chi connectivity index (χ0) is 16.4. The number of pyridine rings is 1. The first-order valence-electron chi connectivity index (χ1n) is 6.41. The smallest absolute Gasteiger partial charge is 0.444 e. The zero-order valence-corrected chi connectivity index (χ0v) is 11.4. The highest BCUT2D eigenvalue weighted by molar-refractivity contribution is 5.62. The molecule has 8 heteroatoms. The van der Waals surface area contributed by atoms with Crippen LogP contribution in [0.2, 0.25) is 0 Å². The van der Waals surface area contributed by atoms with Crippen LogP contribution >= 0.6 is 0 Å². The summed E-state index contributed by atoms with van der Waals surface area (Å²) >= 11 is 0. The zero-order valence-electron chi connectivity index (χ0n) is 11.4. The number of halogens is 3. The molecule has 0 unspecified atom stereocenters. The van der Waals surface area contributed by atoms with Crippen molar-refractivity contribution in [3.8, 4) is 28.5 Å². The first-order valence-corrected chi connectivity index (χ1v) is 6.41. The van der Waals surface area contributed by atoms with Crippen molar-refractivity contribution in [2.45, 2.75) is 6.36 Å². The van der Waals surface area contributed by atoms with E-state index in [1.54, 1.807) is 6.07 Å². The monoisotopic (exact) mass is 322 g/mol. The van der Waals surface area contributed by atoms with Crippen LogP contribution in [0.15, 0.2) is 58.1 Å². The van der Waals surface area contributed by atoms with Gasteiger partial charge < -0.3 is 14.1 Å². The third-order valence-electron chi connectivity index (χ3n) is 2.92. The molecule has 1 aromatic carbocycles. The summed E-state index contributed by atoms with van der Waals surface area (Å²) in [7, 11) is 0. The van der Waals surface area contributed by atoms with Crippen LogP contribution in [-0.2, 0) is 0 Å². The number of alkyl halides is 3. The van der Waals surface area contributed by atoms with Gasteiger partial charge in [-0.1, -0.05) is 0 Å². The molecule has 0 radical (unpaired) electrons. The Morgan fingerprint density at radius 3 is 2.35 bits per heavy atom. The quantitative estimate of drug-likeness (QED) is 0.800. The molecule has 5 nitrogen and oxygen atoms in total. The number of hydrogen-bond acceptors (Lipinski definition) is 4. The number of aromatic nitrogens is 2. The molecule has 3 aromatic rings. The fraction of sp³-hybridized carbons (Fsp3) is 0.0667. The van der Waals surface area contributed by atoms with Crippen molar-refractivity contribution in [2.24, 2.45) is 0 Å². The predicted octanol–water partition coefficient (Wildman–Crippen LogP) is 3.60. The SMILES string of the molecule is O=c1ccc(-c2nc(-c3ccc(OC(F)(F)F)cc3)co2)c[nH]1. The molecule has 0 amide bonds. The van der Waals surface area contributed by atoms with Gasteiger partial charge in [-0.05, 0) is 30.3 Å². The fourth-order valence-corrected chi connectivity index (χ4v) is 1.91. The second-order valence-electron chi connectivity index (χ2n) is 4.55. The van der Waals surface area contributed by atoms with Gasteiger partial charge in [0.05, 0.1) is 5.56 Å². The highest BCUT2D eigenvalue weighted by Crippen LogP contribution is 2.27. The molecular weight excluding hydrogens is 313 g/mol. The Kier molecular flexibility index (Phi) is 3.65. The van der Waals surface area contributed by atoms with Crippen LogP contribution in [0.5, 0.6) is 5.75 Å². The van der Waals surface area contributed by atoms with E-state index in [1.165, 1.54) is 42.8 Å². The van der Waals surface area contributed by atoms with Crippen LogP contribution in [0, 0.1) is 0 Å². The number of hydrogen-bond donors (Lipinski definition) is 1. The molecular formula is C15H9F3N2O3. The Morgan fingerprint density at radius 1 is 1.04 bits per heavy atom. The van der Waals surface area contributed by atoms with Gasteiger partial charge in [0.15, 0.2) is 0 Å². The fourth-order valence-electron chi connectivity index (χ4n) is 1.91. The number of H-pyrrole nitrogens is 1. The molecule has 0 aliphatic carbocycles. The lowest BCUT2D eigenvalue weighted by atomic mass is 10.2. The van der Waals surface area contributed by atoms with E-state index in [-0.39, 0.29) is 17.2 Å². The molecule has 0 aliphatic heterocycles. The molecule has 2 aromatic heterocycles. The van der Waals surface area contributed by atoms with E-state index in [1.807, 2.05) is 0 Å². The largest absolute Gasteiger partial charge is 0.573 e. The third-order valence-corrected chi connectivity index (χ3v) is 2.92. The average Bonchev–Trinajstić information content (AvgIpc) is 2.97. The molecule has 0 spiro atoms. The maximum atomic E-state index is 12.1. The minimum atomic E-state index is -4.73. The Bertz CT molecular complexity index is 846. The molecule has 0 fully saturated rings. The van der Waals surface area contributed by atoms with Gasteiger partial charge in [0, 0.05) is 17.8 Å². The lowest BCUT2D eigenvalue weighted by Gasteiger charge is -2.08. The molecule has 0 saturated carbocycles. The Balaban J connectivity index is 1.83. The van der Waals surface area contributed by atoms with Gasteiger partial charge in [0.2, 0.25) is 11.4 Å². The van der Waals surface area contributed by atoms with Crippen molar-refractivity contribution in [3.63, 3.8) is 0 Å². The van der Waals surface area contributed by atoms with E-state index >= 15 is 0 Å². The summed E-state index contributed by atoms with van der Waals surface area (Å²) in [5.74, 6) is -0.0301. The van der Waals surface area contributed by atoms with E-state index in [9.17, 15) is 18.0 Å². The summed E-state index contributed by atoms with van der Waals surface area (Å²) < 4.78 is 45.4. The molecule has 3 rings (SSSR count). The number of nitrogens with one attached hydrogen (secondary N) is 1. The third kappa shape index (κ3) is 3.60. The van der Waals surface area contributed by atoms with Crippen molar-refractivity contribution >= 4 is 0 Å². The van der Waals surface area contributed by atoms with E-state index in [4.69, 9.17) is 4.42 Å². The summed E-state index contributed by atoms with van der Waals surface area (Å²) in [6.07, 6.45) is -1.90. The summed E-state index contributed by atoms with van der Waals surface area (Å²) in [4.78, 5) is 17.7. The van der Waals surface area contributed by atoms with Gasteiger partial charge in [-0.15, -0.1) is 13.2 Å². The molecule has 118 valence electrons. The Morgan fingerprint density at radius 2 is 1.74 bits per heavy atom. The standard InChI is InChI=1S/C15H9F3N2O3/c16-15(17,18)23-11-4-1-9(2-5-11)12-8-22-14(20-12)10-3-6-13(21)19-7-10/h1-8H,(H,19,21).